The van der Waals surface area contributed by atoms with E-state index < -0.39 is 11.9 Å². The quantitative estimate of drug-likeness (QED) is 0.805. The summed E-state index contributed by atoms with van der Waals surface area (Å²) in [5, 5.41) is 12.4. The molecular weight excluding hydrogens is 270 g/mol. The van der Waals surface area contributed by atoms with Crippen LogP contribution in [0.5, 0.6) is 5.75 Å². The van der Waals surface area contributed by atoms with Gasteiger partial charge < -0.3 is 19.9 Å². The fourth-order valence-corrected chi connectivity index (χ4v) is 2.50. The van der Waals surface area contributed by atoms with Crippen molar-refractivity contribution in [3.8, 4) is 5.75 Å². The highest BCUT2D eigenvalue weighted by atomic mass is 16.5. The fraction of sp³-hybridized carbons (Fsp3) is 0.562. The molecule has 1 aliphatic rings. The van der Waals surface area contributed by atoms with E-state index in [-0.39, 0.29) is 12.2 Å². The Morgan fingerprint density at radius 3 is 2.95 bits per heavy atom. The van der Waals surface area contributed by atoms with Crippen LogP contribution in [-0.2, 0) is 16.1 Å². The molecule has 2 rings (SSSR count). The highest BCUT2D eigenvalue weighted by molar-refractivity contribution is 5.71. The molecule has 0 saturated carbocycles. The van der Waals surface area contributed by atoms with Gasteiger partial charge in [0.2, 0.25) is 0 Å². The first-order valence-corrected chi connectivity index (χ1v) is 7.37. The number of hydrogen-bond donors (Lipinski definition) is 2. The lowest BCUT2D eigenvalue weighted by Gasteiger charge is -2.17. The number of aliphatic carboxylic acids is 1. The van der Waals surface area contributed by atoms with Crippen LogP contribution in [0.1, 0.15) is 25.8 Å². The van der Waals surface area contributed by atoms with Crippen molar-refractivity contribution in [3.63, 3.8) is 0 Å². The van der Waals surface area contributed by atoms with Gasteiger partial charge in [0.15, 0.2) is 0 Å². The Bertz CT molecular complexity index is 475. The zero-order chi connectivity index (χ0) is 15.2. The van der Waals surface area contributed by atoms with Crippen LogP contribution in [0, 0.1) is 5.92 Å². The van der Waals surface area contributed by atoms with Gasteiger partial charge in [0.05, 0.1) is 18.1 Å². The van der Waals surface area contributed by atoms with Crippen molar-refractivity contribution in [3.05, 3.63) is 29.8 Å². The predicted molar refractivity (Wildman–Crippen MR) is 79.4 cm³/mol. The van der Waals surface area contributed by atoms with Gasteiger partial charge in [-0.05, 0) is 26.3 Å². The van der Waals surface area contributed by atoms with E-state index in [0.717, 1.165) is 11.3 Å². The molecule has 2 unspecified atom stereocenters. The Morgan fingerprint density at radius 2 is 2.24 bits per heavy atom. The van der Waals surface area contributed by atoms with E-state index in [1.807, 2.05) is 38.1 Å². The molecule has 21 heavy (non-hydrogen) atoms. The standard InChI is InChI=1S/C16H23NO4/c1-11(2)21-14-6-4-3-5-12(14)9-17-10-15-13(16(18)19)7-8-20-15/h3-6,11,13,15,17H,7-10H2,1-2H3,(H,18,19). The largest absolute Gasteiger partial charge is 0.491 e. The van der Waals surface area contributed by atoms with E-state index in [9.17, 15) is 4.79 Å². The molecule has 1 aliphatic heterocycles. The van der Waals surface area contributed by atoms with E-state index >= 15 is 0 Å². The molecule has 5 heteroatoms. The van der Waals surface area contributed by atoms with Gasteiger partial charge in [-0.25, -0.2) is 0 Å². The van der Waals surface area contributed by atoms with Crippen molar-refractivity contribution in [2.75, 3.05) is 13.2 Å². The van der Waals surface area contributed by atoms with Gasteiger partial charge in [-0.15, -0.1) is 0 Å². The Hall–Kier alpha value is -1.59. The van der Waals surface area contributed by atoms with Crippen LogP contribution in [0.4, 0.5) is 0 Å². The Morgan fingerprint density at radius 1 is 1.48 bits per heavy atom. The highest BCUT2D eigenvalue weighted by Gasteiger charge is 2.33. The third kappa shape index (κ3) is 4.44. The van der Waals surface area contributed by atoms with E-state index in [2.05, 4.69) is 5.32 Å². The Labute approximate surface area is 125 Å². The molecule has 1 saturated heterocycles. The Kier molecular flexibility index (Phi) is 5.59. The molecule has 1 aromatic rings. The van der Waals surface area contributed by atoms with Crippen LogP contribution in [0.3, 0.4) is 0 Å². The molecule has 0 spiro atoms. The molecule has 2 N–H and O–H groups in total. The molecular formula is C16H23NO4. The molecule has 0 amide bonds. The number of para-hydroxylation sites is 1. The summed E-state index contributed by atoms with van der Waals surface area (Å²) in [5.41, 5.74) is 1.07. The van der Waals surface area contributed by atoms with Crippen LogP contribution in [0.2, 0.25) is 0 Å². The summed E-state index contributed by atoms with van der Waals surface area (Å²) < 4.78 is 11.2. The fourth-order valence-electron chi connectivity index (χ4n) is 2.50. The van der Waals surface area contributed by atoms with Crippen LogP contribution in [0.15, 0.2) is 24.3 Å². The topological polar surface area (TPSA) is 67.8 Å². The number of rotatable bonds is 7. The molecule has 5 nitrogen and oxygen atoms in total. The van der Waals surface area contributed by atoms with Crippen molar-refractivity contribution in [2.45, 2.75) is 39.0 Å². The summed E-state index contributed by atoms with van der Waals surface area (Å²) in [4.78, 5) is 11.1. The lowest BCUT2D eigenvalue weighted by molar-refractivity contribution is -0.143. The van der Waals surface area contributed by atoms with Gasteiger partial charge in [0.1, 0.15) is 5.75 Å². The lowest BCUT2D eigenvalue weighted by Crippen LogP contribution is -2.34. The summed E-state index contributed by atoms with van der Waals surface area (Å²) in [7, 11) is 0. The summed E-state index contributed by atoms with van der Waals surface area (Å²) in [6.45, 7) is 5.68. The van der Waals surface area contributed by atoms with Gasteiger partial charge in [-0.2, -0.15) is 0 Å². The molecule has 2 atom stereocenters. The predicted octanol–water partition coefficient (Wildman–Crippen LogP) is 2.05. The second kappa shape index (κ2) is 7.43. The van der Waals surface area contributed by atoms with Crippen molar-refractivity contribution >= 4 is 5.97 Å². The van der Waals surface area contributed by atoms with Gasteiger partial charge >= 0.3 is 5.97 Å². The SMILES string of the molecule is CC(C)Oc1ccccc1CNCC1OCCC1C(=O)O. The summed E-state index contributed by atoms with van der Waals surface area (Å²) in [6.07, 6.45) is 0.468. The average molecular weight is 293 g/mol. The lowest BCUT2D eigenvalue weighted by atomic mass is 10.0. The van der Waals surface area contributed by atoms with Crippen molar-refractivity contribution in [1.29, 1.82) is 0 Å². The molecule has 0 radical (unpaired) electrons. The third-order valence-electron chi connectivity index (χ3n) is 3.52. The van der Waals surface area contributed by atoms with Crippen LogP contribution in [0.25, 0.3) is 0 Å². The van der Waals surface area contributed by atoms with E-state index in [1.54, 1.807) is 0 Å². The van der Waals surface area contributed by atoms with Crippen LogP contribution >= 0.6 is 0 Å². The number of nitrogens with one attached hydrogen (secondary N) is 1. The molecule has 0 aromatic heterocycles. The normalized spacial score (nSPS) is 21.7. The van der Waals surface area contributed by atoms with Crippen LogP contribution in [-0.4, -0.2) is 36.4 Å². The summed E-state index contributed by atoms with van der Waals surface area (Å²) >= 11 is 0. The molecule has 116 valence electrons. The smallest absolute Gasteiger partial charge is 0.309 e. The molecule has 0 aliphatic carbocycles. The van der Waals surface area contributed by atoms with Crippen molar-refractivity contribution < 1.29 is 19.4 Å². The van der Waals surface area contributed by atoms with E-state index in [1.165, 1.54) is 0 Å². The number of carboxylic acids is 1. The minimum atomic E-state index is -0.775. The number of carbonyl (C=O) groups is 1. The van der Waals surface area contributed by atoms with Crippen molar-refractivity contribution in [2.24, 2.45) is 5.92 Å². The zero-order valence-corrected chi connectivity index (χ0v) is 12.5. The monoisotopic (exact) mass is 293 g/mol. The minimum Gasteiger partial charge on any atom is -0.491 e. The van der Waals surface area contributed by atoms with Gasteiger partial charge in [0, 0.05) is 25.3 Å². The molecule has 1 aromatic carbocycles. The van der Waals surface area contributed by atoms with Gasteiger partial charge in [0.25, 0.3) is 0 Å². The van der Waals surface area contributed by atoms with Crippen molar-refractivity contribution in [1.82, 2.24) is 5.32 Å². The molecule has 0 bridgehead atoms. The first kappa shape index (κ1) is 15.8. The second-order valence-electron chi connectivity index (χ2n) is 5.55. The molecule has 1 heterocycles. The number of benzene rings is 1. The first-order chi connectivity index (χ1) is 10.1. The number of carboxylic acid groups (broad SMARTS) is 1. The first-order valence-electron chi connectivity index (χ1n) is 7.37. The second-order valence-corrected chi connectivity index (χ2v) is 5.55. The highest BCUT2D eigenvalue weighted by Crippen LogP contribution is 2.22. The van der Waals surface area contributed by atoms with E-state index in [4.69, 9.17) is 14.6 Å². The minimum absolute atomic E-state index is 0.126. The maximum atomic E-state index is 11.1. The van der Waals surface area contributed by atoms with Gasteiger partial charge in [-0.3, -0.25) is 4.79 Å². The third-order valence-corrected chi connectivity index (χ3v) is 3.52. The Balaban J connectivity index is 1.87. The van der Waals surface area contributed by atoms with E-state index in [0.29, 0.717) is 26.1 Å². The average Bonchev–Trinajstić information content (AvgIpc) is 2.88. The summed E-state index contributed by atoms with van der Waals surface area (Å²) in [6, 6.07) is 7.87. The van der Waals surface area contributed by atoms with Gasteiger partial charge in [-0.1, -0.05) is 18.2 Å². The molecule has 1 fully saturated rings. The zero-order valence-electron chi connectivity index (χ0n) is 12.5. The number of hydrogen-bond acceptors (Lipinski definition) is 4. The maximum Gasteiger partial charge on any atom is 0.309 e. The maximum absolute atomic E-state index is 11.1. The van der Waals surface area contributed by atoms with Crippen LogP contribution < -0.4 is 10.1 Å². The number of ether oxygens (including phenoxy) is 2. The summed E-state index contributed by atoms with van der Waals surface area (Å²) in [5.74, 6) is -0.315.